The topological polar surface area (TPSA) is 108 Å². The number of nitro groups is 1. The van der Waals surface area contributed by atoms with Crippen molar-refractivity contribution in [2.45, 2.75) is 25.7 Å². The molecule has 0 aliphatic carbocycles. The van der Waals surface area contributed by atoms with Crippen LogP contribution in [0.3, 0.4) is 0 Å². The van der Waals surface area contributed by atoms with Crippen LogP contribution in [0, 0.1) is 30.9 Å². The van der Waals surface area contributed by atoms with E-state index in [1.807, 2.05) is 32.0 Å². The van der Waals surface area contributed by atoms with Crippen LogP contribution in [0.5, 0.6) is 5.75 Å². The lowest BCUT2D eigenvalue weighted by atomic mass is 10.1. The number of hydrogen-bond acceptors (Lipinski definition) is 7. The third-order valence-corrected chi connectivity index (χ3v) is 5.19. The van der Waals surface area contributed by atoms with E-state index in [2.05, 4.69) is 5.32 Å². The fraction of sp³-hybridized carbons (Fsp3) is 0.300. The Morgan fingerprint density at radius 3 is 2.48 bits per heavy atom. The smallest absolute Gasteiger partial charge is 0.316 e. The molecule has 9 heteroatoms. The van der Waals surface area contributed by atoms with Gasteiger partial charge in [0, 0.05) is 22.7 Å². The predicted octanol–water partition coefficient (Wildman–Crippen LogP) is 3.80. The Kier molecular flexibility index (Phi) is 7.60. The standard InChI is InChI=1S/C20H22N2O6S/c1-12-5-6-18(14(3)7-12)29-11-20(24)28-10-19(23)21-15-9-17(27-4)16(22(25)26)8-13(15)2/h5-9H,10-11H2,1-4H3,(H,21,23). The monoisotopic (exact) mass is 418 g/mol. The van der Waals surface area contributed by atoms with Crippen LogP contribution in [-0.4, -0.2) is 36.3 Å². The highest BCUT2D eigenvalue weighted by Crippen LogP contribution is 2.32. The van der Waals surface area contributed by atoms with Crippen molar-refractivity contribution in [1.82, 2.24) is 0 Å². The van der Waals surface area contributed by atoms with Crippen molar-refractivity contribution >= 4 is 35.0 Å². The van der Waals surface area contributed by atoms with E-state index < -0.39 is 23.4 Å². The number of amides is 1. The van der Waals surface area contributed by atoms with Gasteiger partial charge in [-0.25, -0.2) is 0 Å². The van der Waals surface area contributed by atoms with E-state index in [1.165, 1.54) is 31.0 Å². The van der Waals surface area contributed by atoms with Crippen LogP contribution in [0.2, 0.25) is 0 Å². The minimum absolute atomic E-state index is 0.0257. The van der Waals surface area contributed by atoms with Crippen LogP contribution in [0.1, 0.15) is 16.7 Å². The Morgan fingerprint density at radius 1 is 1.14 bits per heavy atom. The summed E-state index contributed by atoms with van der Waals surface area (Å²) in [5.41, 5.74) is 2.85. The van der Waals surface area contributed by atoms with Crippen LogP contribution in [0.15, 0.2) is 35.2 Å². The maximum Gasteiger partial charge on any atom is 0.316 e. The summed E-state index contributed by atoms with van der Waals surface area (Å²) < 4.78 is 10.0. The number of nitro benzene ring substituents is 1. The lowest BCUT2D eigenvalue weighted by Gasteiger charge is -2.11. The molecule has 0 bridgehead atoms. The number of hydrogen-bond donors (Lipinski definition) is 1. The lowest BCUT2D eigenvalue weighted by molar-refractivity contribution is -0.385. The fourth-order valence-corrected chi connectivity index (χ4v) is 3.39. The maximum absolute atomic E-state index is 12.1. The predicted molar refractivity (Wildman–Crippen MR) is 111 cm³/mol. The summed E-state index contributed by atoms with van der Waals surface area (Å²) in [6.45, 7) is 5.13. The molecule has 29 heavy (non-hydrogen) atoms. The molecule has 1 N–H and O–H groups in total. The molecule has 154 valence electrons. The van der Waals surface area contributed by atoms with Crippen molar-refractivity contribution < 1.29 is 24.0 Å². The van der Waals surface area contributed by atoms with Gasteiger partial charge in [-0.1, -0.05) is 17.7 Å². The Morgan fingerprint density at radius 2 is 1.86 bits per heavy atom. The summed E-state index contributed by atoms with van der Waals surface area (Å²) in [4.78, 5) is 35.4. The molecule has 8 nitrogen and oxygen atoms in total. The number of thioether (sulfide) groups is 1. The van der Waals surface area contributed by atoms with Crippen molar-refractivity contribution in [3.05, 3.63) is 57.1 Å². The Labute approximate surface area is 172 Å². The molecule has 0 aliphatic heterocycles. The number of benzene rings is 2. The van der Waals surface area contributed by atoms with Gasteiger partial charge in [-0.05, 0) is 38.0 Å². The van der Waals surface area contributed by atoms with Gasteiger partial charge in [-0.3, -0.25) is 19.7 Å². The summed E-state index contributed by atoms with van der Waals surface area (Å²) >= 11 is 1.34. The van der Waals surface area contributed by atoms with Gasteiger partial charge in [-0.2, -0.15) is 0 Å². The number of nitrogens with zero attached hydrogens (tertiary/aromatic N) is 1. The van der Waals surface area contributed by atoms with Gasteiger partial charge < -0.3 is 14.8 Å². The number of ether oxygens (including phenoxy) is 2. The highest BCUT2D eigenvalue weighted by atomic mass is 32.2. The first-order valence-corrected chi connectivity index (χ1v) is 9.68. The average molecular weight is 418 g/mol. The van der Waals surface area contributed by atoms with Crippen LogP contribution < -0.4 is 10.1 Å². The minimum Gasteiger partial charge on any atom is -0.490 e. The molecule has 1 amide bonds. The first-order chi connectivity index (χ1) is 13.7. The zero-order valence-corrected chi connectivity index (χ0v) is 17.4. The summed E-state index contributed by atoms with van der Waals surface area (Å²) in [7, 11) is 1.30. The van der Waals surface area contributed by atoms with Gasteiger partial charge >= 0.3 is 11.7 Å². The fourth-order valence-electron chi connectivity index (χ4n) is 2.59. The van der Waals surface area contributed by atoms with Crippen LogP contribution in [-0.2, 0) is 14.3 Å². The van der Waals surface area contributed by atoms with E-state index in [0.717, 1.165) is 16.0 Å². The number of nitrogens with one attached hydrogen (secondary N) is 1. The second-order valence-electron chi connectivity index (χ2n) is 6.36. The Bertz CT molecular complexity index is 945. The minimum atomic E-state index is -0.563. The molecule has 0 unspecified atom stereocenters. The van der Waals surface area contributed by atoms with Crippen molar-refractivity contribution in [2.75, 3.05) is 24.8 Å². The maximum atomic E-state index is 12.1. The summed E-state index contributed by atoms with van der Waals surface area (Å²) in [6.07, 6.45) is 0. The van der Waals surface area contributed by atoms with Crippen molar-refractivity contribution in [3.8, 4) is 5.75 Å². The van der Waals surface area contributed by atoms with Crippen molar-refractivity contribution in [3.63, 3.8) is 0 Å². The quantitative estimate of drug-likeness (QED) is 0.301. The zero-order valence-electron chi connectivity index (χ0n) is 16.6. The molecule has 0 heterocycles. The van der Waals surface area contributed by atoms with Crippen molar-refractivity contribution in [1.29, 1.82) is 0 Å². The Hall–Kier alpha value is -3.07. The molecule has 0 saturated carbocycles. The second kappa shape index (κ2) is 9.92. The van der Waals surface area contributed by atoms with Crippen molar-refractivity contribution in [2.24, 2.45) is 0 Å². The highest BCUT2D eigenvalue weighted by Gasteiger charge is 2.18. The van der Waals surface area contributed by atoms with Crippen LogP contribution in [0.4, 0.5) is 11.4 Å². The van der Waals surface area contributed by atoms with E-state index >= 15 is 0 Å². The molecule has 2 aromatic carbocycles. The molecule has 0 radical (unpaired) electrons. The molecule has 0 saturated heterocycles. The van der Waals surface area contributed by atoms with E-state index in [9.17, 15) is 19.7 Å². The van der Waals surface area contributed by atoms with E-state index in [0.29, 0.717) is 11.3 Å². The number of carbonyl (C=O) groups is 2. The van der Waals surface area contributed by atoms with Gasteiger partial charge in [0.15, 0.2) is 12.4 Å². The normalized spacial score (nSPS) is 10.3. The first kappa shape index (κ1) is 22.2. The van der Waals surface area contributed by atoms with Gasteiger partial charge in [0.2, 0.25) is 0 Å². The number of aryl methyl sites for hydroxylation is 3. The molecule has 2 rings (SSSR count). The van der Waals surface area contributed by atoms with Gasteiger partial charge in [0.1, 0.15) is 0 Å². The third-order valence-electron chi connectivity index (χ3n) is 4.04. The van der Waals surface area contributed by atoms with E-state index in [-0.39, 0.29) is 17.2 Å². The first-order valence-electron chi connectivity index (χ1n) is 8.69. The molecule has 0 spiro atoms. The number of esters is 1. The largest absolute Gasteiger partial charge is 0.490 e. The number of methoxy groups -OCH3 is 1. The molecular weight excluding hydrogens is 396 g/mol. The summed E-state index contributed by atoms with van der Waals surface area (Å²) in [5.74, 6) is -0.948. The number of carbonyl (C=O) groups excluding carboxylic acids is 2. The van der Waals surface area contributed by atoms with E-state index in [4.69, 9.17) is 9.47 Å². The average Bonchev–Trinajstić information content (AvgIpc) is 2.66. The molecule has 0 aromatic heterocycles. The second-order valence-corrected chi connectivity index (χ2v) is 7.38. The number of anilines is 1. The molecule has 2 aromatic rings. The van der Waals surface area contributed by atoms with Gasteiger partial charge in [0.05, 0.1) is 17.8 Å². The van der Waals surface area contributed by atoms with Crippen LogP contribution >= 0.6 is 11.8 Å². The number of rotatable bonds is 8. The van der Waals surface area contributed by atoms with Crippen LogP contribution in [0.25, 0.3) is 0 Å². The lowest BCUT2D eigenvalue weighted by Crippen LogP contribution is -2.22. The summed E-state index contributed by atoms with van der Waals surface area (Å²) in [5, 5.41) is 13.6. The molecule has 0 fully saturated rings. The zero-order chi connectivity index (χ0) is 21.6. The highest BCUT2D eigenvalue weighted by molar-refractivity contribution is 8.00. The molecular formula is C20H22N2O6S. The molecule has 0 atom stereocenters. The SMILES string of the molecule is COc1cc(NC(=O)COC(=O)CSc2ccc(C)cc2C)c(C)cc1[N+](=O)[O-]. The van der Waals surface area contributed by atoms with Gasteiger partial charge in [0.25, 0.3) is 5.91 Å². The third kappa shape index (κ3) is 6.21. The summed E-state index contributed by atoms with van der Waals surface area (Å²) in [6, 6.07) is 8.61. The van der Waals surface area contributed by atoms with Gasteiger partial charge in [-0.15, -0.1) is 11.8 Å². The van der Waals surface area contributed by atoms with E-state index in [1.54, 1.807) is 6.92 Å². The molecule has 0 aliphatic rings. The Balaban J connectivity index is 1.89.